The highest BCUT2D eigenvalue weighted by atomic mass is 15.3. The maximum absolute atomic E-state index is 5.89. The lowest BCUT2D eigenvalue weighted by Gasteiger charge is -2.36. The van der Waals surface area contributed by atoms with Crippen molar-refractivity contribution >= 4 is 17.1 Å². The van der Waals surface area contributed by atoms with Crippen LogP contribution in [0.25, 0.3) is 0 Å². The van der Waals surface area contributed by atoms with Crippen molar-refractivity contribution in [2.45, 2.75) is 6.54 Å². The van der Waals surface area contributed by atoms with Gasteiger partial charge in [-0.1, -0.05) is 30.3 Å². The van der Waals surface area contributed by atoms with Crippen molar-refractivity contribution in [2.24, 2.45) is 0 Å². The van der Waals surface area contributed by atoms with Gasteiger partial charge in [-0.2, -0.15) is 0 Å². The van der Waals surface area contributed by atoms with Crippen LogP contribution in [0.3, 0.4) is 0 Å². The van der Waals surface area contributed by atoms with Crippen LogP contribution in [0.15, 0.2) is 48.5 Å². The first-order chi connectivity index (χ1) is 10.2. The summed E-state index contributed by atoms with van der Waals surface area (Å²) < 4.78 is 0. The van der Waals surface area contributed by atoms with Crippen molar-refractivity contribution in [3.63, 3.8) is 0 Å². The molecule has 0 bridgehead atoms. The van der Waals surface area contributed by atoms with Gasteiger partial charge in [-0.05, 0) is 23.8 Å². The van der Waals surface area contributed by atoms with Crippen LogP contribution in [0.1, 0.15) is 5.56 Å². The fraction of sp³-hybridized carbons (Fsp3) is 0.294. The zero-order valence-electron chi connectivity index (χ0n) is 12.2. The first-order valence-electron chi connectivity index (χ1n) is 7.38. The Morgan fingerprint density at radius 3 is 2.19 bits per heavy atom. The van der Waals surface area contributed by atoms with E-state index in [0.717, 1.165) is 32.7 Å². The van der Waals surface area contributed by atoms with Crippen molar-refractivity contribution in [1.29, 1.82) is 0 Å². The normalized spacial score (nSPS) is 16.1. The van der Waals surface area contributed by atoms with Crippen molar-refractivity contribution in [2.75, 3.05) is 42.5 Å². The summed E-state index contributed by atoms with van der Waals surface area (Å²) in [5, 5.41) is 0. The Labute approximate surface area is 126 Å². The number of piperazine rings is 1. The fourth-order valence-electron chi connectivity index (χ4n) is 2.76. The number of benzene rings is 2. The monoisotopic (exact) mass is 282 g/mol. The minimum Gasteiger partial charge on any atom is -0.397 e. The van der Waals surface area contributed by atoms with E-state index in [1.807, 2.05) is 12.1 Å². The van der Waals surface area contributed by atoms with E-state index < -0.39 is 0 Å². The molecule has 4 nitrogen and oxygen atoms in total. The molecule has 3 rings (SSSR count). The minimum absolute atomic E-state index is 0.654. The second-order valence-electron chi connectivity index (χ2n) is 5.56. The van der Waals surface area contributed by atoms with Crippen LogP contribution in [0.2, 0.25) is 0 Å². The number of hydrogen-bond acceptors (Lipinski definition) is 4. The van der Waals surface area contributed by atoms with E-state index in [1.165, 1.54) is 11.3 Å². The zero-order chi connectivity index (χ0) is 14.7. The molecule has 1 heterocycles. The summed E-state index contributed by atoms with van der Waals surface area (Å²) >= 11 is 0. The maximum Gasteiger partial charge on any atom is 0.0568 e. The molecule has 2 aromatic rings. The summed E-state index contributed by atoms with van der Waals surface area (Å²) in [5.41, 5.74) is 15.5. The summed E-state index contributed by atoms with van der Waals surface area (Å²) in [6.07, 6.45) is 0. The molecule has 4 heteroatoms. The average Bonchev–Trinajstić information content (AvgIpc) is 2.52. The van der Waals surface area contributed by atoms with Crippen molar-refractivity contribution in [3.05, 3.63) is 54.1 Å². The number of nitrogen functional groups attached to an aromatic ring is 2. The van der Waals surface area contributed by atoms with Crippen LogP contribution < -0.4 is 16.4 Å². The first-order valence-corrected chi connectivity index (χ1v) is 7.38. The molecule has 0 unspecified atom stereocenters. The summed E-state index contributed by atoms with van der Waals surface area (Å²) in [6, 6.07) is 16.6. The molecule has 0 amide bonds. The van der Waals surface area contributed by atoms with Gasteiger partial charge in [0.15, 0.2) is 0 Å². The second kappa shape index (κ2) is 6.06. The van der Waals surface area contributed by atoms with Gasteiger partial charge in [0.1, 0.15) is 0 Å². The highest BCUT2D eigenvalue weighted by molar-refractivity contribution is 5.69. The Bertz CT molecular complexity index is 589. The molecule has 0 aliphatic carbocycles. The van der Waals surface area contributed by atoms with E-state index in [2.05, 4.69) is 46.2 Å². The molecule has 0 spiro atoms. The van der Waals surface area contributed by atoms with E-state index in [4.69, 9.17) is 11.5 Å². The Balaban J connectivity index is 1.58. The molecular weight excluding hydrogens is 260 g/mol. The van der Waals surface area contributed by atoms with E-state index in [-0.39, 0.29) is 0 Å². The van der Waals surface area contributed by atoms with Crippen LogP contribution in [-0.2, 0) is 6.54 Å². The number of nitrogens with zero attached hydrogens (tertiary/aromatic N) is 2. The van der Waals surface area contributed by atoms with Crippen LogP contribution >= 0.6 is 0 Å². The summed E-state index contributed by atoms with van der Waals surface area (Å²) in [5.74, 6) is 0. The molecule has 1 saturated heterocycles. The topological polar surface area (TPSA) is 58.5 Å². The minimum atomic E-state index is 0.654. The Morgan fingerprint density at radius 2 is 1.52 bits per heavy atom. The predicted octanol–water partition coefficient (Wildman–Crippen LogP) is 2.17. The predicted molar refractivity (Wildman–Crippen MR) is 89.2 cm³/mol. The quantitative estimate of drug-likeness (QED) is 0.847. The zero-order valence-corrected chi connectivity index (χ0v) is 12.2. The lowest BCUT2D eigenvalue weighted by molar-refractivity contribution is 0.250. The lowest BCUT2D eigenvalue weighted by Crippen LogP contribution is -2.46. The molecular formula is C17H22N4. The van der Waals surface area contributed by atoms with E-state index in [0.29, 0.717) is 11.4 Å². The molecule has 1 aliphatic heterocycles. The maximum atomic E-state index is 5.89. The smallest absolute Gasteiger partial charge is 0.0568 e. The number of anilines is 3. The van der Waals surface area contributed by atoms with Gasteiger partial charge < -0.3 is 16.4 Å². The molecule has 1 aliphatic rings. The van der Waals surface area contributed by atoms with Gasteiger partial charge in [-0.15, -0.1) is 0 Å². The standard InChI is InChI=1S/C17H22N4/c18-16-7-6-15(12-17(16)19)21-10-8-20(9-11-21)13-14-4-2-1-3-5-14/h1-7,12H,8-11,13,18-19H2. The third kappa shape index (κ3) is 3.28. The van der Waals surface area contributed by atoms with E-state index in [9.17, 15) is 0 Å². The summed E-state index contributed by atoms with van der Waals surface area (Å²) in [6.45, 7) is 5.21. The number of hydrogen-bond donors (Lipinski definition) is 2. The van der Waals surface area contributed by atoms with Crippen LogP contribution in [0.5, 0.6) is 0 Å². The van der Waals surface area contributed by atoms with Crippen molar-refractivity contribution in [3.8, 4) is 0 Å². The number of nitrogens with two attached hydrogens (primary N) is 2. The summed E-state index contributed by atoms with van der Waals surface area (Å²) in [4.78, 5) is 4.86. The van der Waals surface area contributed by atoms with Gasteiger partial charge >= 0.3 is 0 Å². The van der Waals surface area contributed by atoms with Crippen LogP contribution in [0.4, 0.5) is 17.1 Å². The Morgan fingerprint density at radius 1 is 0.810 bits per heavy atom. The third-order valence-electron chi connectivity index (χ3n) is 4.06. The molecule has 2 aromatic carbocycles. The Hall–Kier alpha value is -2.20. The van der Waals surface area contributed by atoms with Crippen molar-refractivity contribution < 1.29 is 0 Å². The molecule has 0 atom stereocenters. The van der Waals surface area contributed by atoms with Gasteiger partial charge in [-0.3, -0.25) is 4.90 Å². The summed E-state index contributed by atoms with van der Waals surface area (Å²) in [7, 11) is 0. The largest absolute Gasteiger partial charge is 0.397 e. The van der Waals surface area contributed by atoms with Gasteiger partial charge in [-0.25, -0.2) is 0 Å². The van der Waals surface area contributed by atoms with Gasteiger partial charge in [0.2, 0.25) is 0 Å². The third-order valence-corrected chi connectivity index (χ3v) is 4.06. The van der Waals surface area contributed by atoms with E-state index in [1.54, 1.807) is 0 Å². The molecule has 0 saturated carbocycles. The molecule has 21 heavy (non-hydrogen) atoms. The SMILES string of the molecule is Nc1ccc(N2CCN(Cc3ccccc3)CC2)cc1N. The first kappa shape index (κ1) is 13.8. The fourth-order valence-corrected chi connectivity index (χ4v) is 2.76. The van der Waals surface area contributed by atoms with Crippen LogP contribution in [-0.4, -0.2) is 31.1 Å². The Kier molecular flexibility index (Phi) is 3.97. The average molecular weight is 282 g/mol. The lowest BCUT2D eigenvalue weighted by atomic mass is 10.2. The second-order valence-corrected chi connectivity index (χ2v) is 5.56. The van der Waals surface area contributed by atoms with Crippen molar-refractivity contribution in [1.82, 2.24) is 4.90 Å². The van der Waals surface area contributed by atoms with Gasteiger partial charge in [0.25, 0.3) is 0 Å². The molecule has 110 valence electrons. The van der Waals surface area contributed by atoms with Gasteiger partial charge in [0, 0.05) is 38.4 Å². The van der Waals surface area contributed by atoms with E-state index >= 15 is 0 Å². The number of rotatable bonds is 3. The van der Waals surface area contributed by atoms with Crippen LogP contribution in [0, 0.1) is 0 Å². The highest BCUT2D eigenvalue weighted by Crippen LogP contribution is 2.24. The van der Waals surface area contributed by atoms with Gasteiger partial charge in [0.05, 0.1) is 11.4 Å². The molecule has 4 N–H and O–H groups in total. The molecule has 0 radical (unpaired) electrons. The molecule has 1 fully saturated rings. The molecule has 0 aromatic heterocycles. The highest BCUT2D eigenvalue weighted by Gasteiger charge is 2.17.